The lowest BCUT2D eigenvalue weighted by Crippen LogP contribution is -2.14. The van der Waals surface area contributed by atoms with E-state index < -0.39 is 4.92 Å². The number of hydrogen-bond donors (Lipinski definition) is 2. The van der Waals surface area contributed by atoms with Crippen LogP contribution in [0.4, 0.5) is 17.2 Å². The quantitative estimate of drug-likeness (QED) is 0.666. The van der Waals surface area contributed by atoms with Gasteiger partial charge in [-0.2, -0.15) is 0 Å². The van der Waals surface area contributed by atoms with Crippen molar-refractivity contribution in [2.75, 3.05) is 5.32 Å². The van der Waals surface area contributed by atoms with Crippen LogP contribution < -0.4 is 5.32 Å². The SMILES string of the molecule is CC(C)(C)c1ccc([N+](=O)[O-])c(Nc2ccc(CO)cc2)n1. The van der Waals surface area contributed by atoms with Gasteiger partial charge in [-0.1, -0.05) is 32.9 Å². The Bertz CT molecular complexity index is 676. The predicted molar refractivity (Wildman–Crippen MR) is 85.2 cm³/mol. The Balaban J connectivity index is 2.39. The maximum Gasteiger partial charge on any atom is 0.311 e. The molecular weight excluding hydrogens is 282 g/mol. The highest BCUT2D eigenvalue weighted by atomic mass is 16.6. The van der Waals surface area contributed by atoms with Crippen molar-refractivity contribution in [1.29, 1.82) is 0 Å². The molecule has 6 heteroatoms. The van der Waals surface area contributed by atoms with Gasteiger partial charge in [-0.05, 0) is 23.8 Å². The van der Waals surface area contributed by atoms with Crippen LogP contribution in [0.15, 0.2) is 36.4 Å². The molecule has 0 aliphatic heterocycles. The number of aromatic nitrogens is 1. The molecule has 2 N–H and O–H groups in total. The van der Waals surface area contributed by atoms with Crippen LogP contribution in [0.1, 0.15) is 32.0 Å². The molecule has 0 bridgehead atoms. The molecule has 1 aromatic carbocycles. The second-order valence-corrected chi connectivity index (χ2v) is 6.05. The molecule has 2 aromatic rings. The minimum absolute atomic E-state index is 0.0435. The van der Waals surface area contributed by atoms with Crippen molar-refractivity contribution in [3.8, 4) is 0 Å². The number of nitrogens with one attached hydrogen (secondary N) is 1. The number of anilines is 2. The third-order valence-electron chi connectivity index (χ3n) is 3.24. The molecule has 0 saturated heterocycles. The van der Waals surface area contributed by atoms with Crippen molar-refractivity contribution in [1.82, 2.24) is 4.98 Å². The maximum atomic E-state index is 11.2. The minimum atomic E-state index is -0.454. The first kappa shape index (κ1) is 15.9. The first-order valence-electron chi connectivity index (χ1n) is 6.94. The highest BCUT2D eigenvalue weighted by molar-refractivity contribution is 5.66. The second kappa shape index (κ2) is 6.11. The Kier molecular flexibility index (Phi) is 4.42. The third-order valence-corrected chi connectivity index (χ3v) is 3.24. The lowest BCUT2D eigenvalue weighted by atomic mass is 9.91. The highest BCUT2D eigenvalue weighted by Crippen LogP contribution is 2.30. The van der Waals surface area contributed by atoms with Crippen LogP contribution in [0.3, 0.4) is 0 Å². The van der Waals surface area contributed by atoms with Gasteiger partial charge in [-0.25, -0.2) is 4.98 Å². The van der Waals surface area contributed by atoms with E-state index in [1.807, 2.05) is 20.8 Å². The number of aliphatic hydroxyl groups excluding tert-OH is 1. The van der Waals surface area contributed by atoms with Crippen molar-refractivity contribution < 1.29 is 10.0 Å². The van der Waals surface area contributed by atoms with Crippen LogP contribution in [0.2, 0.25) is 0 Å². The summed E-state index contributed by atoms with van der Waals surface area (Å²) in [6.07, 6.45) is 0. The molecule has 0 spiro atoms. The molecule has 1 aromatic heterocycles. The smallest absolute Gasteiger partial charge is 0.311 e. The Hall–Kier alpha value is -2.47. The fraction of sp³-hybridized carbons (Fsp3) is 0.312. The summed E-state index contributed by atoms with van der Waals surface area (Å²) >= 11 is 0. The summed E-state index contributed by atoms with van der Waals surface area (Å²) in [5, 5.41) is 23.2. The van der Waals surface area contributed by atoms with Crippen molar-refractivity contribution in [2.24, 2.45) is 0 Å². The lowest BCUT2D eigenvalue weighted by Gasteiger charge is -2.18. The van der Waals surface area contributed by atoms with Crippen LogP contribution in [-0.2, 0) is 12.0 Å². The summed E-state index contributed by atoms with van der Waals surface area (Å²) in [7, 11) is 0. The molecule has 0 aliphatic carbocycles. The second-order valence-electron chi connectivity index (χ2n) is 6.05. The fourth-order valence-electron chi connectivity index (χ4n) is 1.94. The van der Waals surface area contributed by atoms with E-state index in [2.05, 4.69) is 10.3 Å². The van der Waals surface area contributed by atoms with Gasteiger partial charge in [0, 0.05) is 22.9 Å². The molecule has 0 aliphatic rings. The summed E-state index contributed by atoms with van der Waals surface area (Å²) in [5.41, 5.74) is 1.95. The maximum absolute atomic E-state index is 11.2. The van der Waals surface area contributed by atoms with Gasteiger partial charge in [0.25, 0.3) is 0 Å². The fourth-order valence-corrected chi connectivity index (χ4v) is 1.94. The molecule has 6 nitrogen and oxygen atoms in total. The number of benzene rings is 1. The number of hydrogen-bond acceptors (Lipinski definition) is 5. The highest BCUT2D eigenvalue weighted by Gasteiger charge is 2.21. The van der Waals surface area contributed by atoms with Gasteiger partial charge in [0.2, 0.25) is 5.82 Å². The third kappa shape index (κ3) is 3.59. The summed E-state index contributed by atoms with van der Waals surface area (Å²) in [6, 6.07) is 10.2. The van der Waals surface area contributed by atoms with Crippen LogP contribution in [-0.4, -0.2) is 15.0 Å². The van der Waals surface area contributed by atoms with Crippen LogP contribution >= 0.6 is 0 Å². The van der Waals surface area contributed by atoms with Gasteiger partial charge in [0.05, 0.1) is 11.5 Å². The Morgan fingerprint density at radius 1 is 1.18 bits per heavy atom. The first-order chi connectivity index (χ1) is 10.3. The molecular formula is C16H19N3O3. The number of nitrogens with zero attached hydrogens (tertiary/aromatic N) is 2. The van der Waals surface area contributed by atoms with E-state index in [0.717, 1.165) is 11.3 Å². The van der Waals surface area contributed by atoms with Crippen molar-refractivity contribution >= 4 is 17.2 Å². The average molecular weight is 301 g/mol. The molecule has 0 radical (unpaired) electrons. The molecule has 0 unspecified atom stereocenters. The standard InChI is InChI=1S/C16H19N3O3/c1-16(2,3)14-9-8-13(19(21)22)15(18-14)17-12-6-4-11(10-20)5-7-12/h4-9,20H,10H2,1-3H3,(H,17,18). The van der Waals surface area contributed by atoms with Crippen LogP contribution in [0.25, 0.3) is 0 Å². The summed E-state index contributed by atoms with van der Waals surface area (Å²) in [6.45, 7) is 5.96. The van der Waals surface area contributed by atoms with Gasteiger partial charge < -0.3 is 10.4 Å². The first-order valence-corrected chi connectivity index (χ1v) is 6.94. The zero-order chi connectivity index (χ0) is 16.3. The molecule has 0 atom stereocenters. The Labute approximate surface area is 129 Å². The van der Waals surface area contributed by atoms with E-state index >= 15 is 0 Å². The van der Waals surface area contributed by atoms with Gasteiger partial charge >= 0.3 is 5.69 Å². The molecule has 2 rings (SSSR count). The Morgan fingerprint density at radius 3 is 2.32 bits per heavy atom. The van der Waals surface area contributed by atoms with Crippen molar-refractivity contribution in [3.05, 3.63) is 57.8 Å². The lowest BCUT2D eigenvalue weighted by molar-refractivity contribution is -0.384. The number of nitro groups is 1. The van der Waals surface area contributed by atoms with Crippen LogP contribution in [0.5, 0.6) is 0 Å². The van der Waals surface area contributed by atoms with Gasteiger partial charge in [0.1, 0.15) is 0 Å². The summed E-state index contributed by atoms with van der Waals surface area (Å²) < 4.78 is 0. The number of aliphatic hydroxyl groups is 1. The van der Waals surface area contributed by atoms with Crippen molar-refractivity contribution in [2.45, 2.75) is 32.8 Å². The zero-order valence-electron chi connectivity index (χ0n) is 12.8. The van der Waals surface area contributed by atoms with E-state index in [-0.39, 0.29) is 23.5 Å². The zero-order valence-corrected chi connectivity index (χ0v) is 12.8. The topological polar surface area (TPSA) is 88.3 Å². The summed E-state index contributed by atoms with van der Waals surface area (Å²) in [4.78, 5) is 15.1. The minimum Gasteiger partial charge on any atom is -0.392 e. The van der Waals surface area contributed by atoms with Gasteiger partial charge in [0.15, 0.2) is 0 Å². The molecule has 0 amide bonds. The summed E-state index contributed by atoms with van der Waals surface area (Å²) in [5.74, 6) is 0.217. The molecule has 22 heavy (non-hydrogen) atoms. The number of pyridine rings is 1. The van der Waals surface area contributed by atoms with E-state index in [9.17, 15) is 10.1 Å². The van der Waals surface area contributed by atoms with Gasteiger partial charge in [-0.3, -0.25) is 10.1 Å². The normalized spacial score (nSPS) is 11.3. The van der Waals surface area contributed by atoms with Gasteiger partial charge in [-0.15, -0.1) is 0 Å². The largest absolute Gasteiger partial charge is 0.392 e. The molecule has 0 saturated carbocycles. The van der Waals surface area contributed by atoms with Crippen molar-refractivity contribution in [3.63, 3.8) is 0 Å². The predicted octanol–water partition coefficient (Wildman–Crippen LogP) is 3.52. The van der Waals surface area contributed by atoms with E-state index in [4.69, 9.17) is 5.11 Å². The Morgan fingerprint density at radius 2 is 1.82 bits per heavy atom. The monoisotopic (exact) mass is 301 g/mol. The molecule has 0 fully saturated rings. The van der Waals surface area contributed by atoms with E-state index in [1.54, 1.807) is 30.3 Å². The molecule has 1 heterocycles. The number of rotatable bonds is 4. The van der Waals surface area contributed by atoms with E-state index in [1.165, 1.54) is 6.07 Å². The van der Waals surface area contributed by atoms with Crippen LogP contribution in [0, 0.1) is 10.1 Å². The van der Waals surface area contributed by atoms with E-state index in [0.29, 0.717) is 5.69 Å². The molecule has 116 valence electrons. The average Bonchev–Trinajstić information content (AvgIpc) is 2.47.